The molecule has 2 aromatic heterocycles. The fraction of sp³-hybridized carbons (Fsp3) is 0.0588. The number of rotatable bonds is 5. The van der Waals surface area contributed by atoms with Crippen LogP contribution in [-0.2, 0) is 5.75 Å². The second-order valence-corrected chi connectivity index (χ2v) is 5.69. The van der Waals surface area contributed by atoms with Gasteiger partial charge in [-0.15, -0.1) is 0 Å². The highest BCUT2D eigenvalue weighted by Gasteiger charge is 2.09. The van der Waals surface area contributed by atoms with E-state index in [-0.39, 0.29) is 0 Å². The maximum Gasteiger partial charge on any atom is 0.249 e. The molecule has 1 amide bonds. The van der Waals surface area contributed by atoms with Crippen molar-refractivity contribution < 1.29 is 4.79 Å². The number of carbonyl (C=O) groups is 1. The van der Waals surface area contributed by atoms with Crippen molar-refractivity contribution in [1.82, 2.24) is 15.0 Å². The summed E-state index contributed by atoms with van der Waals surface area (Å²) in [5.41, 5.74) is 8.37. The van der Waals surface area contributed by atoms with Crippen molar-refractivity contribution in [1.29, 1.82) is 0 Å². The van der Waals surface area contributed by atoms with Gasteiger partial charge in [0.2, 0.25) is 5.91 Å². The van der Waals surface area contributed by atoms with E-state index in [1.165, 1.54) is 11.8 Å². The predicted molar refractivity (Wildman–Crippen MR) is 89.8 cm³/mol. The molecule has 0 aliphatic heterocycles. The second kappa shape index (κ2) is 7.02. The molecule has 0 radical (unpaired) electrons. The molecular formula is C17H14N4OS. The maximum atomic E-state index is 11.4. The smallest absolute Gasteiger partial charge is 0.249 e. The van der Waals surface area contributed by atoms with Crippen LogP contribution in [0.4, 0.5) is 0 Å². The van der Waals surface area contributed by atoms with E-state index < -0.39 is 5.91 Å². The Bertz CT molecular complexity index is 824. The summed E-state index contributed by atoms with van der Waals surface area (Å²) in [6, 6.07) is 14.8. The van der Waals surface area contributed by atoms with Crippen molar-refractivity contribution in [3.8, 4) is 11.4 Å². The van der Waals surface area contributed by atoms with Gasteiger partial charge < -0.3 is 5.73 Å². The summed E-state index contributed by atoms with van der Waals surface area (Å²) >= 11 is 1.46. The Balaban J connectivity index is 1.78. The minimum Gasteiger partial charge on any atom is -0.366 e. The molecule has 0 fully saturated rings. The third kappa shape index (κ3) is 3.73. The summed E-state index contributed by atoms with van der Waals surface area (Å²) in [5.74, 6) is 0.148. The fourth-order valence-corrected chi connectivity index (χ4v) is 2.93. The Hall–Kier alpha value is -2.73. The molecule has 3 aromatic rings. The number of primary amides is 1. The van der Waals surface area contributed by atoms with E-state index in [0.717, 1.165) is 17.0 Å². The summed E-state index contributed by atoms with van der Waals surface area (Å²) in [4.78, 5) is 24.5. The van der Waals surface area contributed by atoms with Gasteiger partial charge in [-0.2, -0.15) is 0 Å². The normalized spacial score (nSPS) is 10.4. The van der Waals surface area contributed by atoms with E-state index in [4.69, 9.17) is 5.73 Å². The van der Waals surface area contributed by atoms with Crippen LogP contribution in [0.2, 0.25) is 0 Å². The Morgan fingerprint density at radius 2 is 1.78 bits per heavy atom. The number of nitrogens with two attached hydrogens (primary N) is 1. The minimum atomic E-state index is -0.427. The van der Waals surface area contributed by atoms with E-state index in [9.17, 15) is 4.79 Å². The van der Waals surface area contributed by atoms with Crippen molar-refractivity contribution in [2.75, 3.05) is 0 Å². The van der Waals surface area contributed by atoms with Crippen molar-refractivity contribution in [2.24, 2.45) is 5.73 Å². The summed E-state index contributed by atoms with van der Waals surface area (Å²) in [5, 5.41) is 0.632. The average molecular weight is 322 g/mol. The number of nitrogens with zero attached hydrogens (tertiary/aromatic N) is 3. The highest BCUT2D eigenvalue weighted by Crippen LogP contribution is 2.23. The lowest BCUT2D eigenvalue weighted by atomic mass is 10.1. The summed E-state index contributed by atoms with van der Waals surface area (Å²) in [6.07, 6.45) is 3.44. The second-order valence-electron chi connectivity index (χ2n) is 4.75. The lowest BCUT2D eigenvalue weighted by Gasteiger charge is -2.06. The number of hydrogen-bond acceptors (Lipinski definition) is 5. The summed E-state index contributed by atoms with van der Waals surface area (Å²) in [6.45, 7) is 0. The van der Waals surface area contributed by atoms with Gasteiger partial charge in [-0.25, -0.2) is 9.97 Å². The first-order valence-corrected chi connectivity index (χ1v) is 7.97. The summed E-state index contributed by atoms with van der Waals surface area (Å²) in [7, 11) is 0. The van der Waals surface area contributed by atoms with E-state index >= 15 is 0 Å². The van der Waals surface area contributed by atoms with Crippen LogP contribution in [0.5, 0.6) is 0 Å². The number of benzene rings is 1. The highest BCUT2D eigenvalue weighted by molar-refractivity contribution is 7.98. The molecule has 2 N–H and O–H groups in total. The molecule has 0 aliphatic carbocycles. The van der Waals surface area contributed by atoms with Gasteiger partial charge in [0, 0.05) is 23.7 Å². The first-order chi connectivity index (χ1) is 11.2. The SMILES string of the molecule is NC(=O)c1ccccc1CSc1nccc(-c2ccccn2)n1. The van der Waals surface area contributed by atoms with Crippen LogP contribution in [-0.4, -0.2) is 20.9 Å². The van der Waals surface area contributed by atoms with Gasteiger partial charge in [0.05, 0.1) is 11.4 Å². The molecule has 5 nitrogen and oxygen atoms in total. The minimum absolute atomic E-state index is 0.427. The van der Waals surface area contributed by atoms with E-state index in [0.29, 0.717) is 16.5 Å². The van der Waals surface area contributed by atoms with Gasteiger partial charge in [-0.3, -0.25) is 9.78 Å². The van der Waals surface area contributed by atoms with Crippen molar-refractivity contribution in [2.45, 2.75) is 10.9 Å². The Kier molecular flexibility index (Phi) is 4.63. The molecule has 0 atom stereocenters. The quantitative estimate of drug-likeness (QED) is 0.577. The van der Waals surface area contributed by atoms with Crippen LogP contribution in [0.1, 0.15) is 15.9 Å². The first-order valence-electron chi connectivity index (χ1n) is 6.99. The van der Waals surface area contributed by atoms with Gasteiger partial charge in [0.15, 0.2) is 5.16 Å². The summed E-state index contributed by atoms with van der Waals surface area (Å²) < 4.78 is 0. The number of thioether (sulfide) groups is 1. The Morgan fingerprint density at radius 3 is 2.57 bits per heavy atom. The molecule has 0 saturated carbocycles. The van der Waals surface area contributed by atoms with Gasteiger partial charge >= 0.3 is 0 Å². The van der Waals surface area contributed by atoms with Gasteiger partial charge in [-0.1, -0.05) is 36.0 Å². The zero-order chi connectivity index (χ0) is 16.1. The molecule has 0 unspecified atom stereocenters. The van der Waals surface area contributed by atoms with Crippen molar-refractivity contribution in [3.05, 3.63) is 72.1 Å². The van der Waals surface area contributed by atoms with Crippen molar-refractivity contribution in [3.63, 3.8) is 0 Å². The highest BCUT2D eigenvalue weighted by atomic mass is 32.2. The topological polar surface area (TPSA) is 81.8 Å². The third-order valence-electron chi connectivity index (χ3n) is 3.20. The Labute approximate surface area is 138 Å². The van der Waals surface area contributed by atoms with Crippen LogP contribution in [0.3, 0.4) is 0 Å². The number of hydrogen-bond donors (Lipinski definition) is 1. The van der Waals surface area contributed by atoms with Crippen molar-refractivity contribution >= 4 is 17.7 Å². The fourth-order valence-electron chi connectivity index (χ4n) is 2.10. The number of aromatic nitrogens is 3. The predicted octanol–water partition coefficient (Wildman–Crippen LogP) is 2.93. The standard InChI is InChI=1S/C17H14N4OS/c18-16(22)13-6-2-1-5-12(13)11-23-17-20-10-8-15(21-17)14-7-3-4-9-19-14/h1-10H,11H2,(H2,18,22). The first kappa shape index (κ1) is 15.2. The lowest BCUT2D eigenvalue weighted by molar-refractivity contribution is 0.0999. The largest absolute Gasteiger partial charge is 0.366 e. The van der Waals surface area contributed by atoms with Crippen LogP contribution in [0.25, 0.3) is 11.4 Å². The van der Waals surface area contributed by atoms with Crippen LogP contribution in [0, 0.1) is 0 Å². The molecule has 0 saturated heterocycles. The lowest BCUT2D eigenvalue weighted by Crippen LogP contribution is -2.13. The molecule has 6 heteroatoms. The average Bonchev–Trinajstić information content (AvgIpc) is 2.61. The van der Waals surface area contributed by atoms with Gasteiger partial charge in [0.1, 0.15) is 0 Å². The molecule has 23 heavy (non-hydrogen) atoms. The number of amides is 1. The number of carbonyl (C=O) groups excluding carboxylic acids is 1. The third-order valence-corrected chi connectivity index (χ3v) is 4.11. The molecule has 114 valence electrons. The van der Waals surface area contributed by atoms with E-state index in [1.807, 2.05) is 36.4 Å². The van der Waals surface area contributed by atoms with Gasteiger partial charge in [-0.05, 0) is 29.8 Å². The van der Waals surface area contributed by atoms with Gasteiger partial charge in [0.25, 0.3) is 0 Å². The van der Waals surface area contributed by atoms with E-state index in [2.05, 4.69) is 15.0 Å². The zero-order valence-corrected chi connectivity index (χ0v) is 13.0. The maximum absolute atomic E-state index is 11.4. The molecule has 0 aliphatic rings. The Morgan fingerprint density at radius 1 is 0.957 bits per heavy atom. The number of pyridine rings is 1. The molecule has 0 bridgehead atoms. The van der Waals surface area contributed by atoms with Crippen LogP contribution >= 0.6 is 11.8 Å². The molecule has 3 rings (SSSR count). The zero-order valence-electron chi connectivity index (χ0n) is 12.2. The van der Waals surface area contributed by atoms with Crippen LogP contribution in [0.15, 0.2) is 66.1 Å². The van der Waals surface area contributed by atoms with E-state index in [1.54, 1.807) is 24.5 Å². The monoisotopic (exact) mass is 322 g/mol. The molecular weight excluding hydrogens is 308 g/mol. The molecule has 1 aromatic carbocycles. The molecule has 0 spiro atoms. The van der Waals surface area contributed by atoms with Crippen LogP contribution < -0.4 is 5.73 Å². The molecule has 2 heterocycles.